The molecule has 3 heteroatoms. The number of hydrogen-bond acceptors (Lipinski definition) is 2. The van der Waals surface area contributed by atoms with Crippen LogP contribution in [0.15, 0.2) is 194 Å². The van der Waals surface area contributed by atoms with Gasteiger partial charge in [-0.1, -0.05) is 133 Å². The van der Waals surface area contributed by atoms with Crippen LogP contribution in [0.4, 0.5) is 17.1 Å². The molecule has 0 N–H and O–H groups in total. The van der Waals surface area contributed by atoms with Crippen molar-refractivity contribution < 1.29 is 0 Å². The summed E-state index contributed by atoms with van der Waals surface area (Å²) in [5, 5.41) is 5.10. The Labute approximate surface area is 300 Å². The van der Waals surface area contributed by atoms with Gasteiger partial charge in [-0.15, -0.1) is 11.3 Å². The highest BCUT2D eigenvalue weighted by atomic mass is 32.1. The molecule has 2 heterocycles. The Kier molecular flexibility index (Phi) is 7.04. The van der Waals surface area contributed by atoms with Crippen LogP contribution in [0.2, 0.25) is 0 Å². The van der Waals surface area contributed by atoms with Crippen molar-refractivity contribution in [2.24, 2.45) is 0 Å². The molecule has 0 unspecified atom stereocenters. The largest absolute Gasteiger partial charge is 0.310 e. The van der Waals surface area contributed by atoms with Gasteiger partial charge in [-0.05, 0) is 71.8 Å². The van der Waals surface area contributed by atoms with Crippen LogP contribution in [-0.2, 0) is 0 Å². The first-order valence-electron chi connectivity index (χ1n) is 17.4. The van der Waals surface area contributed by atoms with E-state index >= 15 is 0 Å². The molecular formula is C48H32N2S. The van der Waals surface area contributed by atoms with Gasteiger partial charge >= 0.3 is 0 Å². The van der Waals surface area contributed by atoms with Crippen molar-refractivity contribution in [1.29, 1.82) is 0 Å². The van der Waals surface area contributed by atoms with Crippen molar-refractivity contribution in [1.82, 2.24) is 4.57 Å². The number of hydrogen-bond donors (Lipinski definition) is 0. The second-order valence-electron chi connectivity index (χ2n) is 12.9. The summed E-state index contributed by atoms with van der Waals surface area (Å²) in [6.45, 7) is 0. The van der Waals surface area contributed by atoms with E-state index in [9.17, 15) is 0 Å². The fourth-order valence-corrected chi connectivity index (χ4v) is 8.78. The van der Waals surface area contributed by atoms with Crippen LogP contribution in [0.5, 0.6) is 0 Å². The lowest BCUT2D eigenvalue weighted by Gasteiger charge is -2.28. The molecule has 2 aromatic heterocycles. The maximum atomic E-state index is 2.42. The minimum Gasteiger partial charge on any atom is -0.310 e. The summed E-state index contributed by atoms with van der Waals surface area (Å²) in [4.78, 5) is 2.42. The van der Waals surface area contributed by atoms with Crippen LogP contribution in [0.1, 0.15) is 0 Å². The fourth-order valence-electron chi connectivity index (χ4n) is 7.70. The third-order valence-corrected chi connectivity index (χ3v) is 11.1. The average Bonchev–Trinajstić information content (AvgIpc) is 3.75. The molecule has 0 aliphatic heterocycles. The second kappa shape index (κ2) is 12.2. The molecule has 240 valence electrons. The predicted octanol–water partition coefficient (Wildman–Crippen LogP) is 14.0. The predicted molar refractivity (Wildman–Crippen MR) is 219 cm³/mol. The van der Waals surface area contributed by atoms with E-state index in [0.29, 0.717) is 0 Å². The summed E-state index contributed by atoms with van der Waals surface area (Å²) in [6, 6.07) is 70.4. The summed E-state index contributed by atoms with van der Waals surface area (Å²) in [6.07, 6.45) is 0. The number of thiophene rings is 1. The zero-order chi connectivity index (χ0) is 33.7. The van der Waals surface area contributed by atoms with Gasteiger partial charge in [0.15, 0.2) is 0 Å². The molecule has 8 aromatic carbocycles. The van der Waals surface area contributed by atoms with Crippen LogP contribution in [-0.4, -0.2) is 4.57 Å². The number of benzene rings is 8. The van der Waals surface area contributed by atoms with Gasteiger partial charge in [-0.2, -0.15) is 0 Å². The molecule has 0 spiro atoms. The highest BCUT2D eigenvalue weighted by Crippen LogP contribution is 2.45. The number of anilines is 3. The summed E-state index contributed by atoms with van der Waals surface area (Å²) >= 11 is 1.85. The Morgan fingerprint density at radius 2 is 1.00 bits per heavy atom. The van der Waals surface area contributed by atoms with Gasteiger partial charge in [-0.3, -0.25) is 0 Å². The molecule has 51 heavy (non-hydrogen) atoms. The summed E-state index contributed by atoms with van der Waals surface area (Å²) in [5.41, 5.74) is 11.7. The van der Waals surface area contributed by atoms with Crippen LogP contribution < -0.4 is 4.90 Å². The van der Waals surface area contributed by atoms with E-state index in [1.165, 1.54) is 64.2 Å². The first-order valence-corrected chi connectivity index (χ1v) is 18.2. The monoisotopic (exact) mass is 668 g/mol. The van der Waals surface area contributed by atoms with E-state index < -0.39 is 0 Å². The Morgan fingerprint density at radius 3 is 1.84 bits per heavy atom. The smallest absolute Gasteiger partial charge is 0.0619 e. The summed E-state index contributed by atoms with van der Waals surface area (Å²) in [5.74, 6) is 0. The van der Waals surface area contributed by atoms with Gasteiger partial charge in [0.1, 0.15) is 0 Å². The Morgan fingerprint density at radius 1 is 0.392 bits per heavy atom. The van der Waals surface area contributed by atoms with Gasteiger partial charge in [-0.25, -0.2) is 0 Å². The molecule has 2 nitrogen and oxygen atoms in total. The van der Waals surface area contributed by atoms with E-state index in [4.69, 9.17) is 0 Å². The van der Waals surface area contributed by atoms with Gasteiger partial charge in [0.05, 0.1) is 16.7 Å². The molecule has 0 saturated heterocycles. The lowest BCUT2D eigenvalue weighted by Crippen LogP contribution is -2.11. The molecule has 0 radical (unpaired) electrons. The van der Waals surface area contributed by atoms with Crippen molar-refractivity contribution in [3.8, 4) is 27.9 Å². The summed E-state index contributed by atoms with van der Waals surface area (Å²) in [7, 11) is 0. The number of aromatic nitrogens is 1. The van der Waals surface area contributed by atoms with E-state index in [-0.39, 0.29) is 0 Å². The quantitative estimate of drug-likeness (QED) is 0.171. The molecule has 0 atom stereocenters. The van der Waals surface area contributed by atoms with Crippen molar-refractivity contribution in [3.05, 3.63) is 194 Å². The zero-order valence-corrected chi connectivity index (χ0v) is 28.6. The van der Waals surface area contributed by atoms with E-state index in [0.717, 1.165) is 22.7 Å². The molecule has 0 fully saturated rings. The van der Waals surface area contributed by atoms with Crippen molar-refractivity contribution in [2.75, 3.05) is 4.90 Å². The molecule has 0 amide bonds. The van der Waals surface area contributed by atoms with E-state index in [1.807, 2.05) is 11.3 Å². The fraction of sp³-hybridized carbons (Fsp3) is 0. The summed E-state index contributed by atoms with van der Waals surface area (Å²) < 4.78 is 5.03. The zero-order valence-electron chi connectivity index (χ0n) is 27.8. The number of para-hydroxylation sites is 4. The molecule has 0 aliphatic carbocycles. The Bertz CT molecular complexity index is 2850. The van der Waals surface area contributed by atoms with Crippen molar-refractivity contribution in [3.63, 3.8) is 0 Å². The minimum atomic E-state index is 1.11. The number of rotatable bonds is 6. The highest BCUT2D eigenvalue weighted by molar-refractivity contribution is 7.25. The van der Waals surface area contributed by atoms with Gasteiger partial charge < -0.3 is 9.47 Å². The molecular weight excluding hydrogens is 637 g/mol. The van der Waals surface area contributed by atoms with Crippen molar-refractivity contribution >= 4 is 70.4 Å². The third kappa shape index (κ3) is 4.93. The standard InChI is InChI=1S/C48H32N2S/c1-3-14-33(15-4-1)38-18-7-10-23-44(38)49(37-30-31-47-43(32-37)41-20-9-12-25-46(41)51-47)36-28-26-34(27-29-36)39-21-13-22-42-40-19-8-11-24-45(40)50(48(39)42)35-16-5-2-6-17-35/h1-32H. The topological polar surface area (TPSA) is 8.17 Å². The lowest BCUT2D eigenvalue weighted by atomic mass is 9.99. The molecule has 10 rings (SSSR count). The maximum absolute atomic E-state index is 2.42. The molecule has 0 bridgehead atoms. The number of nitrogens with zero attached hydrogens (tertiary/aromatic N) is 2. The maximum Gasteiger partial charge on any atom is 0.0619 e. The van der Waals surface area contributed by atoms with Gasteiger partial charge in [0.2, 0.25) is 0 Å². The first-order chi connectivity index (χ1) is 25.3. The average molecular weight is 669 g/mol. The molecule has 10 aromatic rings. The third-order valence-electron chi connectivity index (χ3n) is 9.99. The lowest BCUT2D eigenvalue weighted by molar-refractivity contribution is 1.18. The first kappa shape index (κ1) is 29.5. The van der Waals surface area contributed by atoms with E-state index in [1.54, 1.807) is 0 Å². The minimum absolute atomic E-state index is 1.11. The van der Waals surface area contributed by atoms with Crippen LogP contribution >= 0.6 is 11.3 Å². The highest BCUT2D eigenvalue weighted by Gasteiger charge is 2.20. The van der Waals surface area contributed by atoms with Gasteiger partial charge in [0.25, 0.3) is 0 Å². The second-order valence-corrected chi connectivity index (χ2v) is 14.0. The normalized spacial score (nSPS) is 11.5. The van der Waals surface area contributed by atoms with Crippen molar-refractivity contribution in [2.45, 2.75) is 0 Å². The van der Waals surface area contributed by atoms with Crippen LogP contribution in [0, 0.1) is 0 Å². The van der Waals surface area contributed by atoms with Crippen LogP contribution in [0.25, 0.3) is 69.9 Å². The Hall–Kier alpha value is -6.42. The molecule has 0 aliphatic rings. The number of fused-ring (bicyclic) bond motifs is 6. The van der Waals surface area contributed by atoms with E-state index in [2.05, 4.69) is 204 Å². The van der Waals surface area contributed by atoms with Crippen LogP contribution in [0.3, 0.4) is 0 Å². The van der Waals surface area contributed by atoms with Gasteiger partial charge in [0, 0.05) is 59.1 Å². The Balaban J connectivity index is 1.17. The SMILES string of the molecule is c1ccc(-c2ccccc2N(c2ccc(-c3cccc4c5ccccc5n(-c5ccccc5)c34)cc2)c2ccc3sc4ccccc4c3c2)cc1. The molecule has 0 saturated carbocycles.